The van der Waals surface area contributed by atoms with Gasteiger partial charge in [-0.15, -0.1) is 0 Å². The lowest BCUT2D eigenvalue weighted by Crippen LogP contribution is -2.38. The predicted molar refractivity (Wildman–Crippen MR) is 83.5 cm³/mol. The lowest BCUT2D eigenvalue weighted by Gasteiger charge is -2.16. The van der Waals surface area contributed by atoms with Crippen molar-refractivity contribution >= 4 is 22.4 Å². The molecule has 0 aliphatic carbocycles. The second kappa shape index (κ2) is 9.47. The van der Waals surface area contributed by atoms with Crippen LogP contribution in [0.15, 0.2) is 24.3 Å². The summed E-state index contributed by atoms with van der Waals surface area (Å²) in [6.45, 7) is 2.98. The molecule has 1 rings (SSSR count). The molecule has 0 aliphatic rings. The summed E-state index contributed by atoms with van der Waals surface area (Å²) in [5.74, 6) is 0.577. The van der Waals surface area contributed by atoms with Crippen LogP contribution in [0, 0.1) is 0 Å². The molecule has 3 unspecified atom stereocenters. The lowest BCUT2D eigenvalue weighted by molar-refractivity contribution is 0.0281. The van der Waals surface area contributed by atoms with Crippen molar-refractivity contribution in [2.45, 2.75) is 25.7 Å². The molecule has 0 heterocycles. The Balaban J connectivity index is 2.19. The standard InChI is InChI=1S/C14H22ClNO3S/c1-11(10-20(2)18)16-7-13(17)9-19-8-12-5-3-4-6-14(12)15/h3-6,11,13,16-17H,7-10H2,1-2H3. The molecule has 0 aliphatic heterocycles. The van der Waals surface area contributed by atoms with Crippen molar-refractivity contribution < 1.29 is 14.1 Å². The van der Waals surface area contributed by atoms with Gasteiger partial charge >= 0.3 is 0 Å². The van der Waals surface area contributed by atoms with Crippen molar-refractivity contribution in [2.75, 3.05) is 25.2 Å². The van der Waals surface area contributed by atoms with Crippen molar-refractivity contribution in [3.63, 3.8) is 0 Å². The van der Waals surface area contributed by atoms with Crippen LogP contribution in [0.2, 0.25) is 5.02 Å². The number of nitrogens with one attached hydrogen (secondary N) is 1. The largest absolute Gasteiger partial charge is 0.389 e. The summed E-state index contributed by atoms with van der Waals surface area (Å²) in [6.07, 6.45) is 1.08. The molecule has 0 spiro atoms. The van der Waals surface area contributed by atoms with Crippen LogP contribution in [-0.4, -0.2) is 46.6 Å². The Kier molecular flexibility index (Phi) is 8.33. The van der Waals surface area contributed by atoms with Crippen molar-refractivity contribution in [3.8, 4) is 0 Å². The number of aliphatic hydroxyl groups excluding tert-OH is 1. The first kappa shape index (κ1) is 17.6. The van der Waals surface area contributed by atoms with Crippen molar-refractivity contribution in [1.29, 1.82) is 0 Å². The number of hydrogen-bond donors (Lipinski definition) is 2. The molecule has 114 valence electrons. The Morgan fingerprint density at radius 3 is 2.80 bits per heavy atom. The zero-order chi connectivity index (χ0) is 15.0. The quantitative estimate of drug-likeness (QED) is 0.725. The van der Waals surface area contributed by atoms with Gasteiger partial charge in [0.25, 0.3) is 0 Å². The minimum atomic E-state index is -0.833. The molecule has 20 heavy (non-hydrogen) atoms. The highest BCUT2D eigenvalue weighted by atomic mass is 35.5. The SMILES string of the molecule is CC(CS(C)=O)NCC(O)COCc1ccccc1Cl. The van der Waals surface area contributed by atoms with Gasteiger partial charge in [-0.2, -0.15) is 0 Å². The Labute approximate surface area is 127 Å². The summed E-state index contributed by atoms with van der Waals surface area (Å²) in [4.78, 5) is 0. The first-order valence-electron chi connectivity index (χ1n) is 6.51. The van der Waals surface area contributed by atoms with Crippen LogP contribution in [0.5, 0.6) is 0 Å². The van der Waals surface area contributed by atoms with Gasteiger partial charge in [-0.1, -0.05) is 29.8 Å². The van der Waals surface area contributed by atoms with Crippen LogP contribution in [0.3, 0.4) is 0 Å². The van der Waals surface area contributed by atoms with Gasteiger partial charge in [0, 0.05) is 40.4 Å². The zero-order valence-electron chi connectivity index (χ0n) is 11.8. The van der Waals surface area contributed by atoms with Crippen LogP contribution < -0.4 is 5.32 Å². The van der Waals surface area contributed by atoms with Gasteiger partial charge in [0.1, 0.15) is 0 Å². The third-order valence-corrected chi connectivity index (χ3v) is 4.05. The maximum atomic E-state index is 11.0. The van der Waals surface area contributed by atoms with E-state index in [1.165, 1.54) is 0 Å². The molecule has 0 saturated carbocycles. The maximum Gasteiger partial charge on any atom is 0.0897 e. The Hall–Kier alpha value is -0.460. The molecular weight excluding hydrogens is 298 g/mol. The summed E-state index contributed by atoms with van der Waals surface area (Å²) < 4.78 is 16.5. The Morgan fingerprint density at radius 1 is 1.45 bits per heavy atom. The van der Waals surface area contributed by atoms with Crippen LogP contribution in [0.25, 0.3) is 0 Å². The van der Waals surface area contributed by atoms with Gasteiger partial charge in [0.05, 0.1) is 19.3 Å². The second-order valence-corrected chi connectivity index (χ2v) is 6.70. The molecule has 0 fully saturated rings. The van der Waals surface area contributed by atoms with Crippen LogP contribution in [-0.2, 0) is 22.1 Å². The van der Waals surface area contributed by atoms with E-state index in [2.05, 4.69) is 5.32 Å². The van der Waals surface area contributed by atoms with E-state index >= 15 is 0 Å². The third kappa shape index (κ3) is 7.36. The van der Waals surface area contributed by atoms with E-state index in [1.807, 2.05) is 31.2 Å². The normalized spacial score (nSPS) is 15.8. The molecule has 3 atom stereocenters. The molecule has 0 amide bonds. The summed E-state index contributed by atoms with van der Waals surface area (Å²) >= 11 is 6.01. The van der Waals surface area contributed by atoms with E-state index in [0.29, 0.717) is 23.9 Å². The van der Waals surface area contributed by atoms with Crippen LogP contribution in [0.1, 0.15) is 12.5 Å². The lowest BCUT2D eigenvalue weighted by atomic mass is 10.2. The first-order chi connectivity index (χ1) is 9.49. The number of aliphatic hydroxyl groups is 1. The fraction of sp³-hybridized carbons (Fsp3) is 0.571. The third-order valence-electron chi connectivity index (χ3n) is 2.71. The fourth-order valence-electron chi connectivity index (χ4n) is 1.73. The summed E-state index contributed by atoms with van der Waals surface area (Å²) in [6, 6.07) is 7.58. The molecule has 6 heteroatoms. The minimum Gasteiger partial charge on any atom is -0.389 e. The molecule has 0 aromatic heterocycles. The van der Waals surface area contributed by atoms with E-state index in [9.17, 15) is 9.32 Å². The topological polar surface area (TPSA) is 58.6 Å². The number of ether oxygens (including phenoxy) is 1. The molecule has 0 bridgehead atoms. The molecule has 2 N–H and O–H groups in total. The Morgan fingerprint density at radius 2 is 2.15 bits per heavy atom. The van der Waals surface area contributed by atoms with E-state index in [4.69, 9.17) is 16.3 Å². The number of benzene rings is 1. The second-order valence-electron chi connectivity index (χ2n) is 4.81. The van der Waals surface area contributed by atoms with Crippen LogP contribution >= 0.6 is 11.6 Å². The number of halogens is 1. The Bertz CT molecular complexity index is 431. The van der Waals surface area contributed by atoms with E-state index in [0.717, 1.165) is 5.56 Å². The molecule has 0 radical (unpaired) electrons. The van der Waals surface area contributed by atoms with Crippen molar-refractivity contribution in [2.24, 2.45) is 0 Å². The average Bonchev–Trinajstić information content (AvgIpc) is 2.38. The van der Waals surface area contributed by atoms with Gasteiger partial charge in [0.2, 0.25) is 0 Å². The van der Waals surface area contributed by atoms with Gasteiger partial charge in [-0.05, 0) is 18.6 Å². The predicted octanol–water partition coefficient (Wildman–Crippen LogP) is 1.57. The first-order valence-corrected chi connectivity index (χ1v) is 8.62. The van der Waals surface area contributed by atoms with Crippen molar-refractivity contribution in [1.82, 2.24) is 5.32 Å². The van der Waals surface area contributed by atoms with E-state index in [-0.39, 0.29) is 12.6 Å². The van der Waals surface area contributed by atoms with Gasteiger partial charge in [-0.3, -0.25) is 4.21 Å². The minimum absolute atomic E-state index is 0.110. The monoisotopic (exact) mass is 319 g/mol. The van der Waals surface area contributed by atoms with E-state index in [1.54, 1.807) is 6.26 Å². The highest BCUT2D eigenvalue weighted by Gasteiger charge is 2.09. The molecule has 4 nitrogen and oxygen atoms in total. The van der Waals surface area contributed by atoms with Gasteiger partial charge in [0.15, 0.2) is 0 Å². The maximum absolute atomic E-state index is 11.0. The highest BCUT2D eigenvalue weighted by Crippen LogP contribution is 2.15. The summed E-state index contributed by atoms with van der Waals surface area (Å²) in [5.41, 5.74) is 0.907. The molecular formula is C14H22ClNO3S. The molecule has 1 aromatic carbocycles. The van der Waals surface area contributed by atoms with Crippen LogP contribution in [0.4, 0.5) is 0 Å². The zero-order valence-corrected chi connectivity index (χ0v) is 13.4. The smallest absolute Gasteiger partial charge is 0.0897 e. The van der Waals surface area contributed by atoms with Crippen molar-refractivity contribution in [3.05, 3.63) is 34.9 Å². The average molecular weight is 320 g/mol. The van der Waals surface area contributed by atoms with Gasteiger partial charge < -0.3 is 15.2 Å². The molecule has 1 aromatic rings. The number of hydrogen-bond acceptors (Lipinski definition) is 4. The van der Waals surface area contributed by atoms with E-state index < -0.39 is 16.9 Å². The molecule has 0 saturated heterocycles. The highest BCUT2D eigenvalue weighted by molar-refractivity contribution is 7.84. The van der Waals surface area contributed by atoms with Gasteiger partial charge in [-0.25, -0.2) is 0 Å². The summed E-state index contributed by atoms with van der Waals surface area (Å²) in [7, 11) is -0.833. The number of rotatable bonds is 9. The summed E-state index contributed by atoms with van der Waals surface area (Å²) in [5, 5.41) is 13.6. The fourth-order valence-corrected chi connectivity index (χ4v) is 2.74.